The van der Waals surface area contributed by atoms with Gasteiger partial charge >= 0.3 is 0 Å². The van der Waals surface area contributed by atoms with E-state index in [1.165, 1.54) is 22.3 Å². The van der Waals surface area contributed by atoms with Crippen LogP contribution in [-0.2, 0) is 6.42 Å². The van der Waals surface area contributed by atoms with Crippen molar-refractivity contribution in [2.45, 2.75) is 6.42 Å². The molecule has 1 aromatic heterocycles. The molecule has 5 rings (SSSR count). The normalized spacial score (nSPS) is 10.7. The Bertz CT molecular complexity index is 1200. The van der Waals surface area contributed by atoms with Gasteiger partial charge in [0.05, 0.1) is 11.4 Å². The van der Waals surface area contributed by atoms with Gasteiger partial charge in [0.1, 0.15) is 0 Å². The van der Waals surface area contributed by atoms with Gasteiger partial charge in [-0.15, -0.1) is 0 Å². The summed E-state index contributed by atoms with van der Waals surface area (Å²) in [6, 6.07) is 44.5. The third-order valence-electron chi connectivity index (χ3n) is 5.55. The first-order chi connectivity index (χ1) is 15.4. The Balaban J connectivity index is 1.79. The second-order valence-electron chi connectivity index (χ2n) is 7.64. The summed E-state index contributed by atoms with van der Waals surface area (Å²) in [4.78, 5) is 5.20. The predicted octanol–water partition coefficient (Wildman–Crippen LogP) is 7.67. The molecule has 4 aromatic carbocycles. The quantitative estimate of drug-likeness (QED) is 0.296. The number of hydrogen-bond acceptors (Lipinski definition) is 1. The van der Waals surface area contributed by atoms with Gasteiger partial charge in [-0.05, 0) is 28.3 Å². The van der Waals surface area contributed by atoms with Crippen LogP contribution in [0.15, 0.2) is 127 Å². The van der Waals surface area contributed by atoms with E-state index in [0.717, 1.165) is 28.9 Å². The van der Waals surface area contributed by atoms with E-state index in [-0.39, 0.29) is 0 Å². The second kappa shape index (κ2) is 8.81. The Labute approximate surface area is 183 Å². The highest BCUT2D eigenvalue weighted by molar-refractivity contribution is 5.81. The molecule has 0 unspecified atom stereocenters. The third-order valence-corrected chi connectivity index (χ3v) is 5.55. The first-order valence-electron chi connectivity index (χ1n) is 10.6. The summed E-state index contributed by atoms with van der Waals surface area (Å²) >= 11 is 0. The van der Waals surface area contributed by atoms with Gasteiger partial charge in [0.25, 0.3) is 0 Å². The molecule has 0 fully saturated rings. The van der Waals surface area contributed by atoms with Crippen LogP contribution in [0.4, 0.5) is 0 Å². The Morgan fingerprint density at radius 1 is 0.484 bits per heavy atom. The second-order valence-corrected chi connectivity index (χ2v) is 7.64. The van der Waals surface area contributed by atoms with Crippen molar-refractivity contribution >= 4 is 0 Å². The molecule has 0 N–H and O–H groups in total. The average Bonchev–Trinajstić information content (AvgIpc) is 2.86. The molecule has 0 aliphatic rings. The van der Waals surface area contributed by atoms with E-state index in [1.54, 1.807) is 0 Å². The number of nitrogens with zero attached hydrogens (tertiary/aromatic N) is 1. The lowest BCUT2D eigenvalue weighted by Gasteiger charge is -2.18. The van der Waals surface area contributed by atoms with Gasteiger partial charge in [0.2, 0.25) is 0 Å². The first-order valence-corrected chi connectivity index (χ1v) is 10.6. The van der Waals surface area contributed by atoms with E-state index < -0.39 is 0 Å². The number of rotatable bonds is 5. The lowest BCUT2D eigenvalue weighted by atomic mass is 9.90. The Hall–Kier alpha value is -3.97. The van der Waals surface area contributed by atoms with Crippen molar-refractivity contribution < 1.29 is 0 Å². The van der Waals surface area contributed by atoms with E-state index in [1.807, 2.05) is 6.07 Å². The lowest BCUT2D eigenvalue weighted by Crippen LogP contribution is -2.01. The maximum Gasteiger partial charge on any atom is 0.0751 e. The van der Waals surface area contributed by atoms with Crippen molar-refractivity contribution in [2.75, 3.05) is 0 Å². The summed E-state index contributed by atoms with van der Waals surface area (Å²) in [5.74, 6) is 0. The monoisotopic (exact) mass is 397 g/mol. The first kappa shape index (κ1) is 19.0. The van der Waals surface area contributed by atoms with Crippen LogP contribution >= 0.6 is 0 Å². The van der Waals surface area contributed by atoms with Gasteiger partial charge in [-0.1, -0.05) is 121 Å². The summed E-state index contributed by atoms with van der Waals surface area (Å²) in [6.45, 7) is 0. The van der Waals surface area contributed by atoms with Crippen molar-refractivity contribution in [1.29, 1.82) is 0 Å². The fourth-order valence-corrected chi connectivity index (χ4v) is 4.02. The molecular weight excluding hydrogens is 374 g/mol. The largest absolute Gasteiger partial charge is 0.247 e. The Morgan fingerprint density at radius 2 is 0.968 bits per heavy atom. The van der Waals surface area contributed by atoms with Crippen LogP contribution < -0.4 is 0 Å². The summed E-state index contributed by atoms with van der Waals surface area (Å²) in [5.41, 5.74) is 9.29. The van der Waals surface area contributed by atoms with Crippen molar-refractivity contribution in [3.05, 3.63) is 139 Å². The Kier molecular flexibility index (Phi) is 5.40. The van der Waals surface area contributed by atoms with Crippen LogP contribution in [0.5, 0.6) is 0 Å². The SMILES string of the molecule is c1ccc(Cc2c(-c3ccccc3)cc(-c3ccccc3)nc2-c2ccccc2)cc1. The molecule has 0 radical (unpaired) electrons. The molecule has 148 valence electrons. The highest BCUT2D eigenvalue weighted by Crippen LogP contribution is 2.36. The fourth-order valence-electron chi connectivity index (χ4n) is 4.02. The van der Waals surface area contributed by atoms with Crippen LogP contribution in [-0.4, -0.2) is 4.98 Å². The average molecular weight is 398 g/mol. The summed E-state index contributed by atoms with van der Waals surface area (Å²) < 4.78 is 0. The topological polar surface area (TPSA) is 12.9 Å². The molecular formula is C30H23N. The summed E-state index contributed by atoms with van der Waals surface area (Å²) in [6.07, 6.45) is 0.831. The van der Waals surface area contributed by atoms with Crippen molar-refractivity contribution in [3.63, 3.8) is 0 Å². The van der Waals surface area contributed by atoms with Crippen LogP contribution in [0.1, 0.15) is 11.1 Å². The zero-order chi connectivity index (χ0) is 20.9. The van der Waals surface area contributed by atoms with Crippen LogP contribution in [0.2, 0.25) is 0 Å². The smallest absolute Gasteiger partial charge is 0.0751 e. The minimum atomic E-state index is 0.831. The zero-order valence-electron chi connectivity index (χ0n) is 17.3. The van der Waals surface area contributed by atoms with Gasteiger partial charge in [-0.2, -0.15) is 0 Å². The fraction of sp³-hybridized carbons (Fsp3) is 0.0333. The number of aromatic nitrogens is 1. The zero-order valence-corrected chi connectivity index (χ0v) is 17.3. The van der Waals surface area contributed by atoms with Crippen molar-refractivity contribution in [1.82, 2.24) is 4.98 Å². The van der Waals surface area contributed by atoms with Crippen LogP contribution in [0.3, 0.4) is 0 Å². The van der Waals surface area contributed by atoms with Gasteiger partial charge < -0.3 is 0 Å². The maximum atomic E-state index is 5.20. The molecule has 1 nitrogen and oxygen atoms in total. The molecule has 31 heavy (non-hydrogen) atoms. The van der Waals surface area contributed by atoms with Gasteiger partial charge in [-0.25, -0.2) is 4.98 Å². The third kappa shape index (κ3) is 4.17. The van der Waals surface area contributed by atoms with Crippen molar-refractivity contribution in [2.24, 2.45) is 0 Å². The molecule has 0 amide bonds. The Morgan fingerprint density at radius 3 is 1.55 bits per heavy atom. The van der Waals surface area contributed by atoms with Crippen LogP contribution in [0.25, 0.3) is 33.6 Å². The molecule has 1 heteroatoms. The summed E-state index contributed by atoms with van der Waals surface area (Å²) in [7, 11) is 0. The predicted molar refractivity (Wildman–Crippen MR) is 130 cm³/mol. The molecule has 5 aromatic rings. The highest BCUT2D eigenvalue weighted by Gasteiger charge is 2.17. The van der Waals surface area contributed by atoms with E-state index in [4.69, 9.17) is 4.98 Å². The van der Waals surface area contributed by atoms with Crippen LogP contribution in [0, 0.1) is 0 Å². The van der Waals surface area contributed by atoms with Crippen molar-refractivity contribution in [3.8, 4) is 33.6 Å². The van der Waals surface area contributed by atoms with Gasteiger partial charge in [-0.3, -0.25) is 0 Å². The lowest BCUT2D eigenvalue weighted by molar-refractivity contribution is 1.15. The number of pyridine rings is 1. The molecule has 0 atom stereocenters. The molecule has 0 aliphatic heterocycles. The molecule has 1 heterocycles. The van der Waals surface area contributed by atoms with E-state index >= 15 is 0 Å². The van der Waals surface area contributed by atoms with E-state index in [9.17, 15) is 0 Å². The molecule has 0 spiro atoms. The molecule has 0 saturated heterocycles. The standard InChI is InChI=1S/C30H23N/c1-5-13-23(14-6-1)21-28-27(24-15-7-2-8-16-24)22-29(25-17-9-3-10-18-25)31-30(28)26-19-11-4-12-20-26/h1-20,22H,21H2. The minimum absolute atomic E-state index is 0.831. The van der Waals surface area contributed by atoms with Gasteiger partial charge in [0, 0.05) is 17.5 Å². The molecule has 0 aliphatic carbocycles. The minimum Gasteiger partial charge on any atom is -0.247 e. The summed E-state index contributed by atoms with van der Waals surface area (Å²) in [5, 5.41) is 0. The van der Waals surface area contributed by atoms with E-state index in [2.05, 4.69) is 121 Å². The van der Waals surface area contributed by atoms with Gasteiger partial charge in [0.15, 0.2) is 0 Å². The molecule has 0 bridgehead atoms. The number of benzene rings is 4. The number of hydrogen-bond donors (Lipinski definition) is 0. The molecule has 0 saturated carbocycles. The maximum absolute atomic E-state index is 5.20. The van der Waals surface area contributed by atoms with E-state index in [0.29, 0.717) is 0 Å². The highest BCUT2D eigenvalue weighted by atomic mass is 14.7.